The molecule has 2 atom stereocenters. The van der Waals surface area contributed by atoms with Crippen LogP contribution in [0.1, 0.15) is 34.6 Å². The minimum absolute atomic E-state index is 0.141. The second-order valence-corrected chi connectivity index (χ2v) is 6.89. The average molecular weight is 352 g/mol. The van der Waals surface area contributed by atoms with E-state index in [9.17, 15) is 9.59 Å². The van der Waals surface area contributed by atoms with Crippen LogP contribution in [0, 0.1) is 18.8 Å². The monoisotopic (exact) mass is 352 g/mol. The zero-order chi connectivity index (χ0) is 18.7. The molecule has 4 nitrogen and oxygen atoms in total. The van der Waals surface area contributed by atoms with Gasteiger partial charge < -0.3 is 9.47 Å². The molecule has 0 bridgehead atoms. The Hall–Kier alpha value is -2.62. The van der Waals surface area contributed by atoms with Crippen LogP contribution in [0.4, 0.5) is 0 Å². The Morgan fingerprint density at radius 1 is 0.962 bits per heavy atom. The second-order valence-electron chi connectivity index (χ2n) is 6.89. The first-order valence-electron chi connectivity index (χ1n) is 8.85. The lowest BCUT2D eigenvalue weighted by atomic mass is 9.70. The fraction of sp³-hybridized carbons (Fsp3) is 0.364. The SMILES string of the molecule is COC(=O)C(C(=O)OC)C1Cc2ccccc2C(c2ccc(C)cc2)C1. The molecule has 0 N–H and O–H groups in total. The summed E-state index contributed by atoms with van der Waals surface area (Å²) in [6.45, 7) is 2.06. The summed E-state index contributed by atoms with van der Waals surface area (Å²) in [7, 11) is 2.62. The Bertz CT molecular complexity index is 778. The highest BCUT2D eigenvalue weighted by Gasteiger charge is 2.41. The van der Waals surface area contributed by atoms with E-state index in [-0.39, 0.29) is 11.8 Å². The van der Waals surface area contributed by atoms with Crippen LogP contribution >= 0.6 is 0 Å². The van der Waals surface area contributed by atoms with Crippen molar-refractivity contribution >= 4 is 11.9 Å². The van der Waals surface area contributed by atoms with E-state index in [4.69, 9.17) is 9.47 Å². The lowest BCUT2D eigenvalue weighted by Crippen LogP contribution is -2.37. The number of carbonyl (C=O) groups excluding carboxylic acids is 2. The van der Waals surface area contributed by atoms with Crippen LogP contribution in [0.5, 0.6) is 0 Å². The van der Waals surface area contributed by atoms with Gasteiger partial charge in [-0.2, -0.15) is 0 Å². The second kappa shape index (κ2) is 7.73. The average Bonchev–Trinajstić information content (AvgIpc) is 2.67. The van der Waals surface area contributed by atoms with Crippen LogP contribution in [0.2, 0.25) is 0 Å². The van der Waals surface area contributed by atoms with Gasteiger partial charge in [0.15, 0.2) is 5.92 Å². The van der Waals surface area contributed by atoms with Crippen LogP contribution in [0.15, 0.2) is 48.5 Å². The summed E-state index contributed by atoms with van der Waals surface area (Å²) in [4.78, 5) is 24.6. The molecular weight excluding hydrogens is 328 g/mol. The number of aryl methyl sites for hydroxylation is 1. The summed E-state index contributed by atoms with van der Waals surface area (Å²) < 4.78 is 9.79. The maximum Gasteiger partial charge on any atom is 0.320 e. The molecule has 0 spiro atoms. The number of hydrogen-bond donors (Lipinski definition) is 0. The minimum atomic E-state index is -0.897. The third kappa shape index (κ3) is 3.50. The molecule has 0 aromatic heterocycles. The maximum atomic E-state index is 12.3. The van der Waals surface area contributed by atoms with Crippen LogP contribution in [0.25, 0.3) is 0 Å². The van der Waals surface area contributed by atoms with Crippen molar-refractivity contribution in [3.05, 3.63) is 70.8 Å². The molecule has 0 heterocycles. The predicted octanol–water partition coefficient (Wildman–Crippen LogP) is 3.65. The van der Waals surface area contributed by atoms with Gasteiger partial charge in [0.25, 0.3) is 0 Å². The summed E-state index contributed by atoms with van der Waals surface area (Å²) in [5, 5.41) is 0. The number of carbonyl (C=O) groups is 2. The molecule has 26 heavy (non-hydrogen) atoms. The number of hydrogen-bond acceptors (Lipinski definition) is 4. The number of methoxy groups -OCH3 is 2. The largest absolute Gasteiger partial charge is 0.468 e. The van der Waals surface area contributed by atoms with E-state index in [2.05, 4.69) is 43.3 Å². The van der Waals surface area contributed by atoms with Crippen molar-refractivity contribution in [1.82, 2.24) is 0 Å². The third-order valence-corrected chi connectivity index (χ3v) is 5.31. The van der Waals surface area contributed by atoms with Crippen molar-refractivity contribution in [3.8, 4) is 0 Å². The van der Waals surface area contributed by atoms with Crippen LogP contribution in [0.3, 0.4) is 0 Å². The van der Waals surface area contributed by atoms with Crippen LogP contribution in [-0.4, -0.2) is 26.2 Å². The maximum absolute atomic E-state index is 12.3. The standard InChI is InChI=1S/C22H24O4/c1-14-8-10-15(11-9-14)19-13-17(12-16-6-4-5-7-18(16)19)20(21(23)25-2)22(24)26-3/h4-11,17,19-20H,12-13H2,1-3H3. The highest BCUT2D eigenvalue weighted by Crippen LogP contribution is 2.42. The van der Waals surface area contributed by atoms with Gasteiger partial charge in [0, 0.05) is 5.92 Å². The van der Waals surface area contributed by atoms with Crippen molar-refractivity contribution in [3.63, 3.8) is 0 Å². The quantitative estimate of drug-likeness (QED) is 0.623. The Kier molecular flexibility index (Phi) is 5.40. The van der Waals surface area contributed by atoms with Crippen LogP contribution in [-0.2, 0) is 25.5 Å². The first kappa shape index (κ1) is 18.2. The van der Waals surface area contributed by atoms with Gasteiger partial charge in [-0.05, 0) is 42.4 Å². The van der Waals surface area contributed by atoms with Crippen molar-refractivity contribution in [2.24, 2.45) is 11.8 Å². The van der Waals surface area contributed by atoms with Gasteiger partial charge in [0.1, 0.15) is 0 Å². The highest BCUT2D eigenvalue weighted by molar-refractivity contribution is 5.95. The smallest absolute Gasteiger partial charge is 0.320 e. The van der Waals surface area contributed by atoms with Gasteiger partial charge in [-0.3, -0.25) is 9.59 Å². The third-order valence-electron chi connectivity index (χ3n) is 5.31. The van der Waals surface area contributed by atoms with E-state index >= 15 is 0 Å². The van der Waals surface area contributed by atoms with Crippen molar-refractivity contribution < 1.29 is 19.1 Å². The van der Waals surface area contributed by atoms with E-state index in [0.717, 1.165) is 0 Å². The Balaban J connectivity index is 2.01. The highest BCUT2D eigenvalue weighted by atomic mass is 16.5. The summed E-state index contributed by atoms with van der Waals surface area (Å²) in [5.74, 6) is -1.96. The lowest BCUT2D eigenvalue weighted by Gasteiger charge is -2.34. The number of esters is 2. The summed E-state index contributed by atoms with van der Waals surface area (Å²) >= 11 is 0. The van der Waals surface area contributed by atoms with E-state index in [0.29, 0.717) is 12.8 Å². The normalized spacial score (nSPS) is 18.9. The molecule has 3 rings (SSSR count). The molecule has 1 aliphatic rings. The van der Waals surface area contributed by atoms with Crippen molar-refractivity contribution in [2.45, 2.75) is 25.7 Å². The van der Waals surface area contributed by atoms with Gasteiger partial charge in [0.05, 0.1) is 14.2 Å². The topological polar surface area (TPSA) is 52.6 Å². The Morgan fingerprint density at radius 3 is 2.19 bits per heavy atom. The molecule has 4 heteroatoms. The molecule has 0 radical (unpaired) electrons. The molecule has 1 aliphatic carbocycles. The predicted molar refractivity (Wildman–Crippen MR) is 98.8 cm³/mol. The molecule has 0 aliphatic heterocycles. The van der Waals surface area contributed by atoms with E-state index in [1.807, 2.05) is 12.1 Å². The number of rotatable bonds is 4. The minimum Gasteiger partial charge on any atom is -0.468 e. The molecule has 0 saturated carbocycles. The van der Waals surface area contributed by atoms with Gasteiger partial charge in [0.2, 0.25) is 0 Å². The number of benzene rings is 2. The lowest BCUT2D eigenvalue weighted by molar-refractivity contribution is -0.161. The fourth-order valence-corrected chi connectivity index (χ4v) is 3.96. The summed E-state index contributed by atoms with van der Waals surface area (Å²) in [6, 6.07) is 16.7. The van der Waals surface area contributed by atoms with Crippen molar-refractivity contribution in [1.29, 1.82) is 0 Å². The van der Waals surface area contributed by atoms with E-state index < -0.39 is 17.9 Å². The first-order chi connectivity index (χ1) is 12.5. The van der Waals surface area contributed by atoms with E-state index in [1.54, 1.807) is 0 Å². The molecular formula is C22H24O4. The molecule has 2 aromatic carbocycles. The molecule has 0 saturated heterocycles. The first-order valence-corrected chi connectivity index (χ1v) is 8.85. The van der Waals surface area contributed by atoms with Crippen molar-refractivity contribution in [2.75, 3.05) is 14.2 Å². The van der Waals surface area contributed by atoms with Gasteiger partial charge >= 0.3 is 11.9 Å². The van der Waals surface area contributed by atoms with Crippen LogP contribution < -0.4 is 0 Å². The number of ether oxygens (including phenoxy) is 2. The molecule has 0 amide bonds. The van der Waals surface area contributed by atoms with Gasteiger partial charge in [-0.15, -0.1) is 0 Å². The number of fused-ring (bicyclic) bond motifs is 1. The molecule has 136 valence electrons. The molecule has 2 aromatic rings. The Labute approximate surface area is 154 Å². The van der Waals surface area contributed by atoms with Gasteiger partial charge in [-0.1, -0.05) is 54.1 Å². The zero-order valence-electron chi connectivity index (χ0n) is 15.4. The zero-order valence-corrected chi connectivity index (χ0v) is 15.4. The molecule has 0 fully saturated rings. The summed E-state index contributed by atoms with van der Waals surface area (Å²) in [6.07, 6.45) is 1.36. The summed E-state index contributed by atoms with van der Waals surface area (Å²) in [5.41, 5.74) is 4.84. The van der Waals surface area contributed by atoms with E-state index in [1.165, 1.54) is 36.5 Å². The van der Waals surface area contributed by atoms with Gasteiger partial charge in [-0.25, -0.2) is 0 Å². The fourth-order valence-electron chi connectivity index (χ4n) is 3.96. The molecule has 2 unspecified atom stereocenters. The Morgan fingerprint density at radius 2 is 1.58 bits per heavy atom.